The van der Waals surface area contributed by atoms with E-state index in [9.17, 15) is 22.8 Å². The smallest absolute Gasteiger partial charge is 0.324 e. The van der Waals surface area contributed by atoms with E-state index in [-0.39, 0.29) is 6.54 Å². The van der Waals surface area contributed by atoms with Gasteiger partial charge in [-0.3, -0.25) is 19.2 Å². The van der Waals surface area contributed by atoms with Gasteiger partial charge in [-0.25, -0.2) is 9.78 Å². The number of nitrogens with zero attached hydrogens (tertiary/aromatic N) is 4. The first-order valence-electron chi connectivity index (χ1n) is 9.65. The van der Waals surface area contributed by atoms with E-state index in [2.05, 4.69) is 9.97 Å². The molecule has 0 fully saturated rings. The summed E-state index contributed by atoms with van der Waals surface area (Å²) in [5.74, 6) is 0.542. The molecular formula is C20H24F3N5O2. The van der Waals surface area contributed by atoms with Gasteiger partial charge in [-0.2, -0.15) is 13.2 Å². The summed E-state index contributed by atoms with van der Waals surface area (Å²) in [6, 6.07) is 5.18. The number of imidazole rings is 1. The molecule has 162 valence electrons. The highest BCUT2D eigenvalue weighted by Crippen LogP contribution is 2.29. The van der Waals surface area contributed by atoms with E-state index in [0.29, 0.717) is 35.6 Å². The van der Waals surface area contributed by atoms with Crippen LogP contribution < -0.4 is 11.2 Å². The predicted octanol–water partition coefficient (Wildman–Crippen LogP) is 2.87. The van der Waals surface area contributed by atoms with Crippen molar-refractivity contribution in [3.05, 3.63) is 62.1 Å². The maximum atomic E-state index is 12.9. The summed E-state index contributed by atoms with van der Waals surface area (Å²) in [5.41, 5.74) is -0.561. The molecule has 10 heteroatoms. The van der Waals surface area contributed by atoms with Crippen LogP contribution in [0.1, 0.15) is 36.7 Å². The second kappa shape index (κ2) is 8.47. The molecule has 0 bridgehead atoms. The minimum absolute atomic E-state index is 0.270. The predicted molar refractivity (Wildman–Crippen MR) is 107 cm³/mol. The lowest BCUT2D eigenvalue weighted by molar-refractivity contribution is -0.137. The molecule has 0 radical (unpaired) electrons. The van der Waals surface area contributed by atoms with Crippen LogP contribution in [0.15, 0.2) is 33.9 Å². The first-order chi connectivity index (χ1) is 14.1. The van der Waals surface area contributed by atoms with Gasteiger partial charge in [-0.1, -0.05) is 31.5 Å². The zero-order valence-electron chi connectivity index (χ0n) is 17.1. The van der Waals surface area contributed by atoms with E-state index in [1.54, 1.807) is 29.6 Å². The maximum absolute atomic E-state index is 12.9. The number of aromatic nitrogens is 4. The molecule has 2 aromatic heterocycles. The number of nitrogens with one attached hydrogen (secondary N) is 1. The van der Waals surface area contributed by atoms with Crippen molar-refractivity contribution in [1.82, 2.24) is 24.0 Å². The first-order valence-corrected chi connectivity index (χ1v) is 9.65. The van der Waals surface area contributed by atoms with Gasteiger partial charge >= 0.3 is 11.9 Å². The summed E-state index contributed by atoms with van der Waals surface area (Å²) in [4.78, 5) is 33.2. The van der Waals surface area contributed by atoms with Crippen molar-refractivity contribution in [2.24, 2.45) is 7.05 Å². The zero-order chi connectivity index (χ0) is 22.1. The van der Waals surface area contributed by atoms with E-state index in [1.165, 1.54) is 10.6 Å². The fraction of sp³-hybridized carbons (Fsp3) is 0.450. The molecule has 3 aromatic rings. The standard InChI is InChI=1S/C20H24F3N5O2/c1-4-5-9-28-17-16(18(29)25-19(28)30)27(3)15(24-17)12-26(2)11-13-7-6-8-14(10-13)20(21,22)23/h6-8,10H,4-5,9,11-12H2,1-3H3,(H,25,29,30). The molecule has 0 saturated carbocycles. The fourth-order valence-electron chi connectivity index (χ4n) is 3.41. The van der Waals surface area contributed by atoms with Gasteiger partial charge in [-0.05, 0) is 25.1 Å². The number of rotatable bonds is 7. The average molecular weight is 423 g/mol. The van der Waals surface area contributed by atoms with E-state index in [0.717, 1.165) is 25.0 Å². The summed E-state index contributed by atoms with van der Waals surface area (Å²) in [6.07, 6.45) is -2.75. The number of aromatic amines is 1. The highest BCUT2D eigenvalue weighted by atomic mass is 19.4. The van der Waals surface area contributed by atoms with Crippen LogP contribution in [0.5, 0.6) is 0 Å². The van der Waals surface area contributed by atoms with Crippen molar-refractivity contribution in [2.45, 2.75) is 45.6 Å². The van der Waals surface area contributed by atoms with E-state index in [4.69, 9.17) is 0 Å². The summed E-state index contributed by atoms with van der Waals surface area (Å²) >= 11 is 0. The Morgan fingerprint density at radius 3 is 2.60 bits per heavy atom. The van der Waals surface area contributed by atoms with E-state index >= 15 is 0 Å². The lowest BCUT2D eigenvalue weighted by Gasteiger charge is -2.17. The van der Waals surface area contributed by atoms with Crippen LogP contribution in [0.2, 0.25) is 0 Å². The van der Waals surface area contributed by atoms with Crippen LogP contribution in [-0.2, 0) is 32.9 Å². The summed E-state index contributed by atoms with van der Waals surface area (Å²) < 4.78 is 41.9. The third-order valence-electron chi connectivity index (χ3n) is 4.96. The molecule has 0 unspecified atom stereocenters. The van der Waals surface area contributed by atoms with Crippen LogP contribution >= 0.6 is 0 Å². The van der Waals surface area contributed by atoms with E-state index < -0.39 is 23.0 Å². The summed E-state index contributed by atoms with van der Waals surface area (Å²) in [6.45, 7) is 3.01. The quantitative estimate of drug-likeness (QED) is 0.634. The molecule has 0 spiro atoms. The number of benzene rings is 1. The Labute approximate surface area is 170 Å². The Bertz CT molecular complexity index is 1160. The van der Waals surface area contributed by atoms with Gasteiger partial charge in [-0.15, -0.1) is 0 Å². The molecular weight excluding hydrogens is 399 g/mol. The van der Waals surface area contributed by atoms with Crippen molar-refractivity contribution < 1.29 is 13.2 Å². The maximum Gasteiger partial charge on any atom is 0.416 e. The molecule has 0 saturated heterocycles. The van der Waals surface area contributed by atoms with Crippen LogP contribution in [0.3, 0.4) is 0 Å². The molecule has 0 aliphatic rings. The molecule has 0 aliphatic heterocycles. The largest absolute Gasteiger partial charge is 0.416 e. The van der Waals surface area contributed by atoms with Crippen LogP contribution in [0.25, 0.3) is 11.2 Å². The molecule has 1 N–H and O–H groups in total. The molecule has 0 aliphatic carbocycles. The topological polar surface area (TPSA) is 75.9 Å². The van der Waals surface area contributed by atoms with Crippen molar-refractivity contribution in [2.75, 3.05) is 7.05 Å². The lowest BCUT2D eigenvalue weighted by Crippen LogP contribution is -2.31. The highest BCUT2D eigenvalue weighted by molar-refractivity contribution is 5.70. The monoisotopic (exact) mass is 423 g/mol. The number of hydrogen-bond donors (Lipinski definition) is 1. The van der Waals surface area contributed by atoms with Crippen molar-refractivity contribution >= 4 is 11.2 Å². The van der Waals surface area contributed by atoms with Crippen molar-refractivity contribution in [3.63, 3.8) is 0 Å². The number of aryl methyl sites for hydroxylation is 2. The van der Waals surface area contributed by atoms with Gasteiger partial charge in [0.15, 0.2) is 11.2 Å². The second-order valence-electron chi connectivity index (χ2n) is 7.39. The number of H-pyrrole nitrogens is 1. The minimum atomic E-state index is -4.39. The van der Waals surface area contributed by atoms with Crippen LogP contribution in [0, 0.1) is 0 Å². The zero-order valence-corrected chi connectivity index (χ0v) is 17.1. The van der Waals surface area contributed by atoms with Gasteiger partial charge in [0, 0.05) is 20.1 Å². The highest BCUT2D eigenvalue weighted by Gasteiger charge is 2.30. The molecule has 2 heterocycles. The third kappa shape index (κ3) is 4.48. The number of fused-ring (bicyclic) bond motifs is 1. The Morgan fingerprint density at radius 1 is 1.20 bits per heavy atom. The van der Waals surface area contributed by atoms with Crippen LogP contribution in [0.4, 0.5) is 13.2 Å². The molecule has 3 rings (SSSR count). The molecule has 7 nitrogen and oxygen atoms in total. The fourth-order valence-corrected chi connectivity index (χ4v) is 3.41. The molecule has 0 amide bonds. The first kappa shape index (κ1) is 21.8. The van der Waals surface area contributed by atoms with Gasteiger partial charge in [0.05, 0.1) is 12.1 Å². The third-order valence-corrected chi connectivity index (χ3v) is 4.96. The Morgan fingerprint density at radius 2 is 1.93 bits per heavy atom. The average Bonchev–Trinajstić information content (AvgIpc) is 2.97. The summed E-state index contributed by atoms with van der Waals surface area (Å²) in [5, 5.41) is 0. The normalized spacial score (nSPS) is 12.2. The Hall–Kier alpha value is -2.88. The molecule has 0 atom stereocenters. The minimum Gasteiger partial charge on any atom is -0.324 e. The lowest BCUT2D eigenvalue weighted by atomic mass is 10.1. The number of halogens is 3. The van der Waals surface area contributed by atoms with Gasteiger partial charge in [0.25, 0.3) is 5.56 Å². The Kier molecular flexibility index (Phi) is 6.16. The van der Waals surface area contributed by atoms with E-state index in [1.807, 2.05) is 6.92 Å². The number of hydrogen-bond acceptors (Lipinski definition) is 4. The molecule has 1 aromatic carbocycles. The van der Waals surface area contributed by atoms with Crippen LogP contribution in [-0.4, -0.2) is 31.0 Å². The van der Waals surface area contributed by atoms with Crippen molar-refractivity contribution in [3.8, 4) is 0 Å². The van der Waals surface area contributed by atoms with Gasteiger partial charge < -0.3 is 4.57 Å². The SMILES string of the molecule is CCCCn1c(=O)[nH]c(=O)c2c1nc(CN(C)Cc1cccc(C(F)(F)F)c1)n2C. The number of unbranched alkanes of at least 4 members (excludes halogenated alkanes) is 1. The summed E-state index contributed by atoms with van der Waals surface area (Å²) in [7, 11) is 3.45. The second-order valence-corrected chi connectivity index (χ2v) is 7.39. The van der Waals surface area contributed by atoms with Gasteiger partial charge in [0.2, 0.25) is 0 Å². The molecule has 30 heavy (non-hydrogen) atoms. The van der Waals surface area contributed by atoms with Crippen molar-refractivity contribution in [1.29, 1.82) is 0 Å². The number of alkyl halides is 3. The Balaban J connectivity index is 1.89. The van der Waals surface area contributed by atoms with Gasteiger partial charge in [0.1, 0.15) is 5.82 Å².